The van der Waals surface area contributed by atoms with Crippen molar-refractivity contribution in [3.05, 3.63) is 48.9 Å². The summed E-state index contributed by atoms with van der Waals surface area (Å²) >= 11 is 0. The van der Waals surface area contributed by atoms with Gasteiger partial charge in [0.05, 0.1) is 10.9 Å². The average Bonchev–Trinajstić information content (AvgIpc) is 3.29. The van der Waals surface area contributed by atoms with Crippen molar-refractivity contribution in [1.29, 1.82) is 0 Å². The molecule has 1 aromatic carbocycles. The number of aromatic hydroxyl groups is 1. The molecule has 30 heavy (non-hydrogen) atoms. The SMILES string of the molecule is Nc1ncnc2c1ccn2[C@@H]1O[C@H](COc2ccc3ccc(O)nc3c2)[C@@H](O)[C@H]1O. The molecule has 0 radical (unpaired) electrons. The van der Waals surface area contributed by atoms with E-state index in [0.29, 0.717) is 28.1 Å². The molecule has 10 heteroatoms. The molecule has 1 saturated heterocycles. The van der Waals surface area contributed by atoms with Gasteiger partial charge in [-0.3, -0.25) is 0 Å². The number of aromatic nitrogens is 4. The molecule has 0 amide bonds. The lowest BCUT2D eigenvalue weighted by Crippen LogP contribution is -2.34. The van der Waals surface area contributed by atoms with Gasteiger partial charge < -0.3 is 35.1 Å². The van der Waals surface area contributed by atoms with Crippen LogP contribution in [0.25, 0.3) is 21.9 Å². The van der Waals surface area contributed by atoms with Crippen LogP contribution in [0.3, 0.4) is 0 Å². The van der Waals surface area contributed by atoms with Crippen LogP contribution in [-0.4, -0.2) is 59.8 Å². The highest BCUT2D eigenvalue weighted by atomic mass is 16.6. The summed E-state index contributed by atoms with van der Waals surface area (Å²) in [5.41, 5.74) is 6.94. The van der Waals surface area contributed by atoms with E-state index in [1.54, 1.807) is 35.0 Å². The molecular weight excluding hydrogens is 390 g/mol. The van der Waals surface area contributed by atoms with E-state index in [-0.39, 0.29) is 12.5 Å². The second-order valence-electron chi connectivity index (χ2n) is 7.10. The number of benzene rings is 1. The number of nitrogens with two attached hydrogens (primary N) is 1. The van der Waals surface area contributed by atoms with Gasteiger partial charge in [-0.25, -0.2) is 15.0 Å². The predicted molar refractivity (Wildman–Crippen MR) is 107 cm³/mol. The molecule has 0 unspecified atom stereocenters. The van der Waals surface area contributed by atoms with Crippen LogP contribution in [0.2, 0.25) is 0 Å². The van der Waals surface area contributed by atoms with E-state index in [1.165, 1.54) is 12.4 Å². The summed E-state index contributed by atoms with van der Waals surface area (Å²) in [6.07, 6.45) is -0.945. The molecule has 3 aromatic heterocycles. The topological polar surface area (TPSA) is 149 Å². The fourth-order valence-electron chi connectivity index (χ4n) is 3.65. The van der Waals surface area contributed by atoms with Crippen LogP contribution >= 0.6 is 0 Å². The molecule has 154 valence electrons. The largest absolute Gasteiger partial charge is 0.493 e. The molecule has 0 saturated carbocycles. The Balaban J connectivity index is 1.34. The third-order valence-corrected chi connectivity index (χ3v) is 5.21. The van der Waals surface area contributed by atoms with Gasteiger partial charge in [0.2, 0.25) is 5.88 Å². The van der Waals surface area contributed by atoms with Crippen LogP contribution in [0.1, 0.15) is 6.23 Å². The Labute approximate surface area is 170 Å². The summed E-state index contributed by atoms with van der Waals surface area (Å²) in [4.78, 5) is 12.2. The summed E-state index contributed by atoms with van der Waals surface area (Å²) in [5, 5.41) is 32.0. The minimum Gasteiger partial charge on any atom is -0.493 e. The zero-order valence-electron chi connectivity index (χ0n) is 15.7. The Morgan fingerprint density at radius 3 is 2.80 bits per heavy atom. The first-order valence-corrected chi connectivity index (χ1v) is 9.32. The van der Waals surface area contributed by atoms with Gasteiger partial charge in [-0.15, -0.1) is 0 Å². The van der Waals surface area contributed by atoms with Crippen molar-refractivity contribution in [2.75, 3.05) is 12.3 Å². The lowest BCUT2D eigenvalue weighted by atomic mass is 10.1. The van der Waals surface area contributed by atoms with Gasteiger partial charge in [0.25, 0.3) is 0 Å². The number of pyridine rings is 1. The number of nitrogens with zero attached hydrogens (tertiary/aromatic N) is 4. The van der Waals surface area contributed by atoms with E-state index < -0.39 is 24.5 Å². The van der Waals surface area contributed by atoms with Crippen molar-refractivity contribution in [2.24, 2.45) is 0 Å². The van der Waals surface area contributed by atoms with E-state index in [1.807, 2.05) is 6.07 Å². The molecule has 0 spiro atoms. The van der Waals surface area contributed by atoms with Crippen molar-refractivity contribution >= 4 is 27.8 Å². The Hall–Kier alpha value is -3.47. The van der Waals surface area contributed by atoms with Gasteiger partial charge in [0.15, 0.2) is 6.23 Å². The molecule has 4 heterocycles. The third-order valence-electron chi connectivity index (χ3n) is 5.21. The van der Waals surface area contributed by atoms with Gasteiger partial charge >= 0.3 is 0 Å². The maximum absolute atomic E-state index is 10.5. The van der Waals surface area contributed by atoms with Crippen LogP contribution < -0.4 is 10.5 Å². The molecular formula is C20H19N5O5. The number of aliphatic hydroxyl groups excluding tert-OH is 2. The van der Waals surface area contributed by atoms with Crippen molar-refractivity contribution < 1.29 is 24.8 Å². The predicted octanol–water partition coefficient (Wildman–Crippen LogP) is 0.965. The average molecular weight is 409 g/mol. The minimum atomic E-state index is -1.18. The lowest BCUT2D eigenvalue weighted by molar-refractivity contribution is -0.0471. The standard InChI is InChI=1S/C20H19N5O5/c21-18-12-5-6-25(19(12)23-9-22-18)20-17(28)16(27)14(30-20)8-29-11-3-1-10-2-4-15(26)24-13(10)7-11/h1-7,9,14,16-17,20,27-28H,8H2,(H,24,26)(H2,21,22,23)/t14-,16-,17-,20-/m1/s1. The van der Waals surface area contributed by atoms with Crippen LogP contribution in [0.5, 0.6) is 11.6 Å². The molecule has 1 aliphatic rings. The molecule has 10 nitrogen and oxygen atoms in total. The first-order chi connectivity index (χ1) is 14.5. The van der Waals surface area contributed by atoms with Crippen molar-refractivity contribution in [3.63, 3.8) is 0 Å². The smallest absolute Gasteiger partial charge is 0.211 e. The normalized spacial score (nSPS) is 23.9. The van der Waals surface area contributed by atoms with Gasteiger partial charge in [-0.05, 0) is 24.3 Å². The zero-order chi connectivity index (χ0) is 20.8. The maximum Gasteiger partial charge on any atom is 0.211 e. The molecule has 0 aliphatic carbocycles. The van der Waals surface area contributed by atoms with E-state index in [0.717, 1.165) is 5.39 Å². The summed E-state index contributed by atoms with van der Waals surface area (Å²) < 4.78 is 13.3. The lowest BCUT2D eigenvalue weighted by Gasteiger charge is -2.17. The molecule has 5 N–H and O–H groups in total. The fraction of sp³-hybridized carbons (Fsp3) is 0.250. The molecule has 1 aliphatic heterocycles. The van der Waals surface area contributed by atoms with E-state index in [9.17, 15) is 15.3 Å². The molecule has 0 bridgehead atoms. The van der Waals surface area contributed by atoms with Crippen LogP contribution in [0, 0.1) is 0 Å². The van der Waals surface area contributed by atoms with Crippen LogP contribution in [0.15, 0.2) is 48.9 Å². The molecule has 5 rings (SSSR count). The number of nitrogen functional groups attached to an aromatic ring is 1. The van der Waals surface area contributed by atoms with Gasteiger partial charge in [0, 0.05) is 23.7 Å². The molecule has 4 aromatic rings. The summed E-state index contributed by atoms with van der Waals surface area (Å²) in [7, 11) is 0. The van der Waals surface area contributed by atoms with Crippen LogP contribution in [-0.2, 0) is 4.74 Å². The number of aliphatic hydroxyl groups is 2. The molecule has 4 atom stereocenters. The molecule has 1 fully saturated rings. The van der Waals surface area contributed by atoms with Gasteiger partial charge in [-0.2, -0.15) is 0 Å². The minimum absolute atomic E-state index is 0.00930. The monoisotopic (exact) mass is 409 g/mol. The highest BCUT2D eigenvalue weighted by Crippen LogP contribution is 2.33. The van der Waals surface area contributed by atoms with E-state index in [4.69, 9.17) is 15.2 Å². The third kappa shape index (κ3) is 3.07. The number of hydrogen-bond acceptors (Lipinski definition) is 9. The fourth-order valence-corrected chi connectivity index (χ4v) is 3.65. The van der Waals surface area contributed by atoms with Crippen LogP contribution in [0.4, 0.5) is 5.82 Å². The highest BCUT2D eigenvalue weighted by Gasteiger charge is 2.44. The second-order valence-corrected chi connectivity index (χ2v) is 7.10. The number of anilines is 1. The Bertz CT molecular complexity index is 1230. The number of hydrogen-bond donors (Lipinski definition) is 4. The number of ether oxygens (including phenoxy) is 2. The quantitative estimate of drug-likeness (QED) is 0.387. The van der Waals surface area contributed by atoms with Crippen molar-refractivity contribution in [2.45, 2.75) is 24.5 Å². The maximum atomic E-state index is 10.5. The Kier molecular flexibility index (Phi) is 4.39. The first kappa shape index (κ1) is 18.6. The van der Waals surface area contributed by atoms with Gasteiger partial charge in [0.1, 0.15) is 48.5 Å². The van der Waals surface area contributed by atoms with Crippen molar-refractivity contribution in [1.82, 2.24) is 19.5 Å². The summed E-state index contributed by atoms with van der Waals surface area (Å²) in [6.45, 7) is 0.00930. The Morgan fingerprint density at radius 2 is 1.93 bits per heavy atom. The van der Waals surface area contributed by atoms with Gasteiger partial charge in [-0.1, -0.05) is 0 Å². The van der Waals surface area contributed by atoms with E-state index >= 15 is 0 Å². The second kappa shape index (κ2) is 7.10. The van der Waals surface area contributed by atoms with E-state index in [2.05, 4.69) is 15.0 Å². The highest BCUT2D eigenvalue weighted by molar-refractivity contribution is 5.86. The Morgan fingerprint density at radius 1 is 1.10 bits per heavy atom. The number of rotatable bonds is 4. The summed E-state index contributed by atoms with van der Waals surface area (Å²) in [5.74, 6) is 0.743. The number of fused-ring (bicyclic) bond motifs is 2. The first-order valence-electron chi connectivity index (χ1n) is 9.32. The summed E-state index contributed by atoms with van der Waals surface area (Å²) in [6, 6.07) is 10.3. The zero-order valence-corrected chi connectivity index (χ0v) is 15.7. The van der Waals surface area contributed by atoms with Crippen molar-refractivity contribution in [3.8, 4) is 11.6 Å².